The Hall–Kier alpha value is -2.17. The maximum Gasteiger partial charge on any atom is 0.228 e. The fourth-order valence-corrected chi connectivity index (χ4v) is 1.13. The first-order valence-corrected chi connectivity index (χ1v) is 5.35. The second-order valence-corrected chi connectivity index (χ2v) is 3.23. The minimum atomic E-state index is 0.531. The molecule has 0 fully saturated rings. The van der Waals surface area contributed by atoms with Crippen molar-refractivity contribution in [3.05, 3.63) is 43.8 Å². The summed E-state index contributed by atoms with van der Waals surface area (Å²) < 4.78 is 0. The molecule has 1 aromatic heterocycles. The molecule has 5 heteroatoms. The fraction of sp³-hybridized carbons (Fsp3) is 0.250. The number of allylic oxidation sites excluding steroid dienone is 1. The molecule has 1 heterocycles. The molecule has 0 aliphatic rings. The largest absolute Gasteiger partial charge is 0.351 e. The zero-order valence-electron chi connectivity index (χ0n) is 9.82. The highest BCUT2D eigenvalue weighted by molar-refractivity contribution is 5.35. The molecule has 0 aliphatic heterocycles. The molecule has 2 N–H and O–H groups in total. The number of anilines is 2. The van der Waals surface area contributed by atoms with Gasteiger partial charge >= 0.3 is 0 Å². The molecule has 5 nitrogen and oxygen atoms in total. The minimum absolute atomic E-state index is 0.531. The molecule has 0 unspecified atom stereocenters. The van der Waals surface area contributed by atoms with Gasteiger partial charge in [0.15, 0.2) is 0 Å². The molecule has 90 valence electrons. The Morgan fingerprint density at radius 3 is 1.76 bits per heavy atom. The van der Waals surface area contributed by atoms with Gasteiger partial charge in [0.25, 0.3) is 0 Å². The van der Waals surface area contributed by atoms with E-state index in [4.69, 9.17) is 0 Å². The highest BCUT2D eigenvalue weighted by atomic mass is 15.2. The second-order valence-electron chi connectivity index (χ2n) is 3.23. The summed E-state index contributed by atoms with van der Waals surface area (Å²) in [6, 6.07) is 0. The molecular weight excluding hydrogens is 214 g/mol. The SMILES string of the molecule is C=CCNc1nc(CC=C)nc(NCC=C)n1. The maximum atomic E-state index is 4.25. The van der Waals surface area contributed by atoms with Crippen molar-refractivity contribution >= 4 is 11.9 Å². The molecule has 0 saturated carbocycles. The van der Waals surface area contributed by atoms with E-state index in [1.807, 2.05) is 0 Å². The van der Waals surface area contributed by atoms with Crippen LogP contribution in [0.25, 0.3) is 0 Å². The first-order chi connectivity index (χ1) is 8.30. The van der Waals surface area contributed by atoms with Gasteiger partial charge in [0.05, 0.1) is 0 Å². The Balaban J connectivity index is 2.86. The Bertz CT molecular complexity index is 370. The Morgan fingerprint density at radius 2 is 1.35 bits per heavy atom. The van der Waals surface area contributed by atoms with E-state index in [1.165, 1.54) is 0 Å². The van der Waals surface area contributed by atoms with Gasteiger partial charge < -0.3 is 10.6 Å². The van der Waals surface area contributed by atoms with Gasteiger partial charge in [0, 0.05) is 19.5 Å². The first kappa shape index (κ1) is 12.9. The number of nitrogens with one attached hydrogen (secondary N) is 2. The predicted octanol–water partition coefficient (Wildman–Crippen LogP) is 1.80. The molecular formula is C12H17N5. The maximum absolute atomic E-state index is 4.25. The van der Waals surface area contributed by atoms with Gasteiger partial charge in [-0.15, -0.1) is 19.7 Å². The van der Waals surface area contributed by atoms with Crippen molar-refractivity contribution in [1.82, 2.24) is 15.0 Å². The van der Waals surface area contributed by atoms with E-state index in [1.54, 1.807) is 18.2 Å². The molecule has 0 radical (unpaired) electrons. The molecule has 0 spiro atoms. The lowest BCUT2D eigenvalue weighted by Gasteiger charge is -2.07. The lowest BCUT2D eigenvalue weighted by atomic mass is 10.4. The number of aromatic nitrogens is 3. The van der Waals surface area contributed by atoms with Crippen molar-refractivity contribution < 1.29 is 0 Å². The highest BCUT2D eigenvalue weighted by Crippen LogP contribution is 2.06. The van der Waals surface area contributed by atoms with E-state index in [-0.39, 0.29) is 0 Å². The lowest BCUT2D eigenvalue weighted by molar-refractivity contribution is 0.930. The van der Waals surface area contributed by atoms with Crippen LogP contribution in [0.15, 0.2) is 38.0 Å². The predicted molar refractivity (Wildman–Crippen MR) is 71.1 cm³/mol. The number of rotatable bonds is 8. The number of hydrogen-bond acceptors (Lipinski definition) is 5. The second kappa shape index (κ2) is 7.16. The van der Waals surface area contributed by atoms with Crippen LogP contribution in [0.5, 0.6) is 0 Å². The van der Waals surface area contributed by atoms with Crippen LogP contribution >= 0.6 is 0 Å². The monoisotopic (exact) mass is 231 g/mol. The number of hydrogen-bond donors (Lipinski definition) is 2. The van der Waals surface area contributed by atoms with Gasteiger partial charge in [-0.3, -0.25) is 0 Å². The third-order valence-electron chi connectivity index (χ3n) is 1.82. The van der Waals surface area contributed by atoms with Crippen molar-refractivity contribution in [2.24, 2.45) is 0 Å². The third-order valence-corrected chi connectivity index (χ3v) is 1.82. The molecule has 0 saturated heterocycles. The van der Waals surface area contributed by atoms with Gasteiger partial charge in [-0.25, -0.2) is 0 Å². The molecule has 0 amide bonds. The smallest absolute Gasteiger partial charge is 0.228 e. The summed E-state index contributed by atoms with van der Waals surface area (Å²) in [6.45, 7) is 12.1. The van der Waals surface area contributed by atoms with Crippen LogP contribution in [0.4, 0.5) is 11.9 Å². The summed E-state index contributed by atoms with van der Waals surface area (Å²) in [4.78, 5) is 12.7. The summed E-state index contributed by atoms with van der Waals surface area (Å²) >= 11 is 0. The first-order valence-electron chi connectivity index (χ1n) is 5.35. The van der Waals surface area contributed by atoms with Crippen LogP contribution in [-0.4, -0.2) is 28.0 Å². The van der Waals surface area contributed by atoms with Crippen LogP contribution in [0.2, 0.25) is 0 Å². The standard InChI is InChI=1S/C12H17N5/c1-4-7-10-15-11(13-8-5-2)17-12(16-10)14-9-6-3/h4-6H,1-3,7-9H2,(H2,13,14,15,16,17). The summed E-state index contributed by atoms with van der Waals surface area (Å²) in [5.74, 6) is 1.74. The van der Waals surface area contributed by atoms with Crippen molar-refractivity contribution in [2.45, 2.75) is 6.42 Å². The average molecular weight is 231 g/mol. The van der Waals surface area contributed by atoms with Gasteiger partial charge in [-0.05, 0) is 0 Å². The molecule has 1 rings (SSSR count). The normalized spacial score (nSPS) is 9.41. The lowest BCUT2D eigenvalue weighted by Crippen LogP contribution is -2.11. The van der Waals surface area contributed by atoms with E-state index >= 15 is 0 Å². The Labute approximate surface area is 101 Å². The fourth-order valence-electron chi connectivity index (χ4n) is 1.13. The Kier molecular flexibility index (Phi) is 5.43. The highest BCUT2D eigenvalue weighted by Gasteiger charge is 2.03. The molecule has 0 bridgehead atoms. The van der Waals surface area contributed by atoms with Crippen LogP contribution < -0.4 is 10.6 Å². The molecule has 0 aromatic carbocycles. The zero-order valence-corrected chi connectivity index (χ0v) is 9.82. The summed E-state index contributed by atoms with van der Waals surface area (Å²) in [7, 11) is 0. The Morgan fingerprint density at radius 1 is 0.824 bits per heavy atom. The zero-order chi connectivity index (χ0) is 12.5. The van der Waals surface area contributed by atoms with Crippen LogP contribution in [0.1, 0.15) is 5.82 Å². The minimum Gasteiger partial charge on any atom is -0.351 e. The van der Waals surface area contributed by atoms with E-state index in [2.05, 4.69) is 45.3 Å². The summed E-state index contributed by atoms with van der Waals surface area (Å²) in [5.41, 5.74) is 0. The van der Waals surface area contributed by atoms with Crippen LogP contribution in [0.3, 0.4) is 0 Å². The molecule has 0 aliphatic carbocycles. The third kappa shape index (κ3) is 4.46. The van der Waals surface area contributed by atoms with Gasteiger partial charge in [0.2, 0.25) is 11.9 Å². The van der Waals surface area contributed by atoms with E-state index in [9.17, 15) is 0 Å². The van der Waals surface area contributed by atoms with E-state index < -0.39 is 0 Å². The van der Waals surface area contributed by atoms with Crippen LogP contribution in [-0.2, 0) is 6.42 Å². The summed E-state index contributed by atoms with van der Waals surface area (Å²) in [5, 5.41) is 6.06. The molecule has 17 heavy (non-hydrogen) atoms. The van der Waals surface area contributed by atoms with Gasteiger partial charge in [0.1, 0.15) is 5.82 Å². The average Bonchev–Trinajstić information content (AvgIpc) is 2.34. The molecule has 0 atom stereocenters. The summed E-state index contributed by atoms with van der Waals surface area (Å²) in [6.07, 6.45) is 5.85. The van der Waals surface area contributed by atoms with Crippen molar-refractivity contribution in [3.8, 4) is 0 Å². The van der Waals surface area contributed by atoms with Crippen LogP contribution in [0, 0.1) is 0 Å². The van der Waals surface area contributed by atoms with E-state index in [0.717, 1.165) is 0 Å². The van der Waals surface area contributed by atoms with Gasteiger partial charge in [-0.1, -0.05) is 18.2 Å². The van der Waals surface area contributed by atoms with E-state index in [0.29, 0.717) is 37.2 Å². The topological polar surface area (TPSA) is 62.7 Å². The number of nitrogens with zero attached hydrogens (tertiary/aromatic N) is 3. The molecule has 1 aromatic rings. The van der Waals surface area contributed by atoms with Gasteiger partial charge in [-0.2, -0.15) is 15.0 Å². The quantitative estimate of drug-likeness (QED) is 0.668. The van der Waals surface area contributed by atoms with Crippen molar-refractivity contribution in [2.75, 3.05) is 23.7 Å². The van der Waals surface area contributed by atoms with Crippen molar-refractivity contribution in [1.29, 1.82) is 0 Å². The van der Waals surface area contributed by atoms with Crippen molar-refractivity contribution in [3.63, 3.8) is 0 Å².